The van der Waals surface area contributed by atoms with Gasteiger partial charge in [0.25, 0.3) is 0 Å². The number of likely N-dealkylation sites (tertiary alicyclic amines) is 1. The predicted octanol–water partition coefficient (Wildman–Crippen LogP) is 2.15. The Morgan fingerprint density at radius 3 is 2.60 bits per heavy atom. The average Bonchev–Trinajstić information content (AvgIpc) is 2.97. The Bertz CT molecular complexity index is 392. The summed E-state index contributed by atoms with van der Waals surface area (Å²) < 4.78 is 11.0. The zero-order chi connectivity index (χ0) is 14.2. The van der Waals surface area contributed by atoms with Crippen LogP contribution in [0.5, 0.6) is 11.5 Å². The zero-order valence-electron chi connectivity index (χ0n) is 12.6. The highest BCUT2D eigenvalue weighted by molar-refractivity contribution is 5.39. The number of hydrogen-bond acceptors (Lipinski definition) is 4. The second-order valence-electron chi connectivity index (χ2n) is 5.36. The van der Waals surface area contributed by atoms with Crippen molar-refractivity contribution in [3.05, 3.63) is 24.3 Å². The molecule has 112 valence electrons. The molecule has 1 aliphatic rings. The Morgan fingerprint density at radius 2 is 1.90 bits per heavy atom. The first-order valence-electron chi connectivity index (χ1n) is 7.51. The molecule has 1 heterocycles. The summed E-state index contributed by atoms with van der Waals surface area (Å²) in [5.74, 6) is 1.60. The lowest BCUT2D eigenvalue weighted by molar-refractivity contribution is 0.266. The van der Waals surface area contributed by atoms with Crippen molar-refractivity contribution in [2.24, 2.45) is 0 Å². The topological polar surface area (TPSA) is 33.7 Å². The van der Waals surface area contributed by atoms with Crippen molar-refractivity contribution >= 4 is 0 Å². The summed E-state index contributed by atoms with van der Waals surface area (Å²) in [6.45, 7) is 7.39. The highest BCUT2D eigenvalue weighted by Crippen LogP contribution is 2.25. The molecule has 20 heavy (non-hydrogen) atoms. The minimum atomic E-state index is 0.509. The van der Waals surface area contributed by atoms with E-state index in [2.05, 4.69) is 17.1 Å². The van der Waals surface area contributed by atoms with Gasteiger partial charge in [0, 0.05) is 19.1 Å². The van der Waals surface area contributed by atoms with E-state index in [1.165, 1.54) is 25.9 Å². The van der Waals surface area contributed by atoms with E-state index in [1.807, 2.05) is 24.3 Å². The molecule has 0 spiro atoms. The minimum Gasteiger partial charge on any atom is -0.493 e. The molecular formula is C16H26N2O2. The van der Waals surface area contributed by atoms with E-state index in [4.69, 9.17) is 9.47 Å². The van der Waals surface area contributed by atoms with E-state index in [-0.39, 0.29) is 0 Å². The normalized spacial score (nSPS) is 17.1. The van der Waals surface area contributed by atoms with Gasteiger partial charge in [-0.15, -0.1) is 0 Å². The van der Waals surface area contributed by atoms with Crippen LogP contribution in [0.3, 0.4) is 0 Å². The Morgan fingerprint density at radius 1 is 1.20 bits per heavy atom. The van der Waals surface area contributed by atoms with Crippen molar-refractivity contribution in [2.45, 2.75) is 25.8 Å². The molecule has 0 radical (unpaired) electrons. The van der Waals surface area contributed by atoms with Crippen LogP contribution in [0.1, 0.15) is 19.8 Å². The second-order valence-corrected chi connectivity index (χ2v) is 5.36. The SMILES string of the molecule is COc1ccccc1OCCNC(C)CN1CCCC1. The van der Waals surface area contributed by atoms with Gasteiger partial charge in [-0.2, -0.15) is 0 Å². The van der Waals surface area contributed by atoms with Crippen molar-refractivity contribution in [3.63, 3.8) is 0 Å². The fourth-order valence-corrected chi connectivity index (χ4v) is 2.62. The lowest BCUT2D eigenvalue weighted by Gasteiger charge is -2.21. The van der Waals surface area contributed by atoms with E-state index >= 15 is 0 Å². The van der Waals surface area contributed by atoms with Crippen LogP contribution in [0, 0.1) is 0 Å². The predicted molar refractivity (Wildman–Crippen MR) is 81.6 cm³/mol. The number of benzene rings is 1. The number of para-hydroxylation sites is 2. The van der Waals surface area contributed by atoms with Crippen LogP contribution in [-0.4, -0.2) is 50.8 Å². The van der Waals surface area contributed by atoms with Gasteiger partial charge in [0.2, 0.25) is 0 Å². The monoisotopic (exact) mass is 278 g/mol. The smallest absolute Gasteiger partial charge is 0.161 e. The van der Waals surface area contributed by atoms with Crippen molar-refractivity contribution in [3.8, 4) is 11.5 Å². The molecule has 1 atom stereocenters. The third-order valence-electron chi connectivity index (χ3n) is 3.65. The van der Waals surface area contributed by atoms with E-state index < -0.39 is 0 Å². The molecule has 0 saturated carbocycles. The first-order chi connectivity index (χ1) is 9.79. The molecule has 4 heteroatoms. The third kappa shape index (κ3) is 4.69. The molecule has 1 saturated heterocycles. The van der Waals surface area contributed by atoms with Gasteiger partial charge >= 0.3 is 0 Å². The molecule has 2 rings (SSSR count). The minimum absolute atomic E-state index is 0.509. The summed E-state index contributed by atoms with van der Waals surface area (Å²) in [6, 6.07) is 8.27. The fourth-order valence-electron chi connectivity index (χ4n) is 2.62. The van der Waals surface area contributed by atoms with Crippen LogP contribution in [0.4, 0.5) is 0 Å². The maximum Gasteiger partial charge on any atom is 0.161 e. The summed E-state index contributed by atoms with van der Waals surface area (Å²) in [6.07, 6.45) is 2.70. The summed E-state index contributed by atoms with van der Waals surface area (Å²) >= 11 is 0. The molecule has 0 aromatic heterocycles. The molecule has 1 fully saturated rings. The Kier molecular flexibility index (Phi) is 6.15. The van der Waals surface area contributed by atoms with Crippen molar-refractivity contribution in [1.29, 1.82) is 0 Å². The fraction of sp³-hybridized carbons (Fsp3) is 0.625. The third-order valence-corrected chi connectivity index (χ3v) is 3.65. The van der Waals surface area contributed by atoms with Crippen LogP contribution in [0.2, 0.25) is 0 Å². The zero-order valence-corrected chi connectivity index (χ0v) is 12.6. The Labute approximate surface area is 122 Å². The van der Waals surface area contributed by atoms with E-state index in [9.17, 15) is 0 Å². The molecule has 1 unspecified atom stereocenters. The van der Waals surface area contributed by atoms with Crippen LogP contribution in [0.15, 0.2) is 24.3 Å². The van der Waals surface area contributed by atoms with E-state index in [0.717, 1.165) is 24.6 Å². The van der Waals surface area contributed by atoms with Crippen LogP contribution >= 0.6 is 0 Å². The van der Waals surface area contributed by atoms with E-state index in [0.29, 0.717) is 12.6 Å². The molecular weight excluding hydrogens is 252 g/mol. The van der Waals surface area contributed by atoms with Gasteiger partial charge < -0.3 is 19.7 Å². The summed E-state index contributed by atoms with van der Waals surface area (Å²) in [7, 11) is 1.67. The summed E-state index contributed by atoms with van der Waals surface area (Å²) in [5.41, 5.74) is 0. The number of methoxy groups -OCH3 is 1. The highest BCUT2D eigenvalue weighted by atomic mass is 16.5. The van der Waals surface area contributed by atoms with Crippen molar-refractivity contribution in [2.75, 3.05) is 39.9 Å². The molecule has 1 aromatic carbocycles. The number of rotatable bonds is 8. The van der Waals surface area contributed by atoms with Gasteiger partial charge in [-0.05, 0) is 45.0 Å². The Hall–Kier alpha value is -1.26. The lowest BCUT2D eigenvalue weighted by atomic mass is 10.3. The first-order valence-corrected chi connectivity index (χ1v) is 7.51. The van der Waals surface area contributed by atoms with E-state index in [1.54, 1.807) is 7.11 Å². The Balaban J connectivity index is 1.63. The molecule has 0 aliphatic carbocycles. The highest BCUT2D eigenvalue weighted by Gasteiger charge is 2.14. The summed E-state index contributed by atoms with van der Waals surface area (Å²) in [5, 5.41) is 3.51. The summed E-state index contributed by atoms with van der Waals surface area (Å²) in [4.78, 5) is 2.53. The molecule has 1 aromatic rings. The molecule has 1 N–H and O–H groups in total. The first kappa shape index (κ1) is 15.1. The molecule has 4 nitrogen and oxygen atoms in total. The lowest BCUT2D eigenvalue weighted by Crippen LogP contribution is -2.39. The largest absolute Gasteiger partial charge is 0.493 e. The van der Waals surface area contributed by atoms with Gasteiger partial charge in [-0.3, -0.25) is 0 Å². The number of ether oxygens (including phenoxy) is 2. The van der Waals surface area contributed by atoms with Gasteiger partial charge in [-0.25, -0.2) is 0 Å². The molecule has 0 bridgehead atoms. The van der Waals surface area contributed by atoms with Crippen LogP contribution in [0.25, 0.3) is 0 Å². The van der Waals surface area contributed by atoms with Crippen LogP contribution < -0.4 is 14.8 Å². The van der Waals surface area contributed by atoms with Gasteiger partial charge in [0.15, 0.2) is 11.5 Å². The van der Waals surface area contributed by atoms with Crippen LogP contribution in [-0.2, 0) is 0 Å². The standard InChI is InChI=1S/C16H26N2O2/c1-14(13-18-10-5-6-11-18)17-9-12-20-16-8-4-3-7-15(16)19-2/h3-4,7-8,14,17H,5-6,9-13H2,1-2H3. The number of nitrogens with one attached hydrogen (secondary N) is 1. The number of hydrogen-bond donors (Lipinski definition) is 1. The van der Waals surface area contributed by atoms with Crippen molar-refractivity contribution < 1.29 is 9.47 Å². The molecule has 0 amide bonds. The van der Waals surface area contributed by atoms with Gasteiger partial charge in [-0.1, -0.05) is 12.1 Å². The van der Waals surface area contributed by atoms with Gasteiger partial charge in [0.05, 0.1) is 7.11 Å². The van der Waals surface area contributed by atoms with Crippen molar-refractivity contribution in [1.82, 2.24) is 10.2 Å². The van der Waals surface area contributed by atoms with Gasteiger partial charge in [0.1, 0.15) is 6.61 Å². The maximum absolute atomic E-state index is 5.75. The number of nitrogens with zero attached hydrogens (tertiary/aromatic N) is 1. The second kappa shape index (κ2) is 8.12. The average molecular weight is 278 g/mol. The molecule has 1 aliphatic heterocycles. The maximum atomic E-state index is 5.75. The quantitative estimate of drug-likeness (QED) is 0.739.